The minimum absolute atomic E-state index is 0.218. The Morgan fingerprint density at radius 3 is 2.72 bits per heavy atom. The van der Waals surface area contributed by atoms with Crippen LogP contribution < -0.4 is 5.32 Å². The third kappa shape index (κ3) is 5.08. The summed E-state index contributed by atoms with van der Waals surface area (Å²) >= 11 is 5.13. The van der Waals surface area contributed by atoms with E-state index in [1.165, 1.54) is 4.88 Å². The monoisotopic (exact) mass is 332 g/mol. The second kappa shape index (κ2) is 7.92. The molecule has 1 heterocycles. The van der Waals surface area contributed by atoms with Crippen LogP contribution in [-0.4, -0.2) is 29.9 Å². The predicted molar refractivity (Wildman–Crippen MR) is 80.9 cm³/mol. The van der Waals surface area contributed by atoms with Crippen LogP contribution in [0.4, 0.5) is 0 Å². The molecule has 1 aromatic heterocycles. The molecule has 0 fully saturated rings. The molecule has 0 aliphatic rings. The van der Waals surface area contributed by atoms with Gasteiger partial charge in [-0.25, -0.2) is 0 Å². The van der Waals surface area contributed by atoms with Crippen molar-refractivity contribution in [3.05, 3.63) is 20.8 Å². The van der Waals surface area contributed by atoms with Gasteiger partial charge in [0.1, 0.15) is 0 Å². The summed E-state index contributed by atoms with van der Waals surface area (Å²) in [4.78, 5) is 15.3. The van der Waals surface area contributed by atoms with Gasteiger partial charge >= 0.3 is 0 Å². The highest BCUT2D eigenvalue weighted by atomic mass is 79.9. The van der Waals surface area contributed by atoms with Gasteiger partial charge in [-0.3, -0.25) is 4.79 Å². The van der Waals surface area contributed by atoms with Gasteiger partial charge in [-0.2, -0.15) is 0 Å². The molecule has 1 N–H and O–H groups in total. The Morgan fingerprint density at radius 2 is 2.22 bits per heavy atom. The van der Waals surface area contributed by atoms with E-state index < -0.39 is 0 Å². The van der Waals surface area contributed by atoms with Gasteiger partial charge in [0, 0.05) is 23.9 Å². The van der Waals surface area contributed by atoms with E-state index in [0.717, 1.165) is 16.9 Å². The summed E-state index contributed by atoms with van der Waals surface area (Å²) in [6, 6.07) is 4.34. The average Bonchev–Trinajstić information content (AvgIpc) is 2.71. The van der Waals surface area contributed by atoms with Gasteiger partial charge in [0.05, 0.1) is 10.3 Å². The van der Waals surface area contributed by atoms with Crippen molar-refractivity contribution in [3.63, 3.8) is 0 Å². The Balaban J connectivity index is 2.52. The van der Waals surface area contributed by atoms with Crippen LogP contribution in [0.1, 0.15) is 32.1 Å². The fourth-order valence-electron chi connectivity index (χ4n) is 1.81. The Labute approximate surface area is 122 Å². The number of nitrogens with one attached hydrogen (secondary N) is 1. The molecule has 0 aliphatic heterocycles. The Morgan fingerprint density at radius 1 is 1.50 bits per heavy atom. The molecule has 1 atom stereocenters. The molecule has 0 aromatic carbocycles. The van der Waals surface area contributed by atoms with Crippen molar-refractivity contribution in [1.29, 1.82) is 0 Å². The van der Waals surface area contributed by atoms with Crippen molar-refractivity contribution in [2.45, 2.75) is 39.8 Å². The van der Waals surface area contributed by atoms with Crippen molar-refractivity contribution < 1.29 is 4.79 Å². The largest absolute Gasteiger partial charge is 0.338 e. The third-order valence-corrected chi connectivity index (χ3v) is 4.35. The fourth-order valence-corrected chi connectivity index (χ4v) is 3.31. The van der Waals surface area contributed by atoms with E-state index in [0.29, 0.717) is 13.0 Å². The van der Waals surface area contributed by atoms with E-state index >= 15 is 0 Å². The normalized spacial score (nSPS) is 12.4. The molecule has 3 nitrogen and oxygen atoms in total. The molecule has 1 amide bonds. The van der Waals surface area contributed by atoms with E-state index in [-0.39, 0.29) is 11.9 Å². The molecule has 1 rings (SSSR count). The van der Waals surface area contributed by atoms with E-state index in [2.05, 4.69) is 41.2 Å². The lowest BCUT2D eigenvalue weighted by molar-refractivity contribution is -0.132. The lowest BCUT2D eigenvalue weighted by Crippen LogP contribution is -2.36. The maximum absolute atomic E-state index is 12.1. The van der Waals surface area contributed by atoms with Gasteiger partial charge < -0.3 is 10.2 Å². The second-order valence-corrected chi connectivity index (χ2v) is 6.82. The van der Waals surface area contributed by atoms with Crippen LogP contribution in [0.5, 0.6) is 0 Å². The zero-order valence-electron chi connectivity index (χ0n) is 11.2. The summed E-state index contributed by atoms with van der Waals surface area (Å²) in [5, 5.41) is 3.27. The topological polar surface area (TPSA) is 32.3 Å². The summed E-state index contributed by atoms with van der Waals surface area (Å²) in [6.07, 6.45) is 0.564. The molecule has 0 saturated heterocycles. The highest BCUT2D eigenvalue weighted by Crippen LogP contribution is 2.23. The van der Waals surface area contributed by atoms with Crippen LogP contribution in [0.2, 0.25) is 0 Å². The summed E-state index contributed by atoms with van der Waals surface area (Å²) in [5.41, 5.74) is 0. The Bertz CT molecular complexity index is 381. The van der Waals surface area contributed by atoms with Crippen LogP contribution in [-0.2, 0) is 11.3 Å². The molecule has 18 heavy (non-hydrogen) atoms. The summed E-state index contributed by atoms with van der Waals surface area (Å²) in [5.74, 6) is 0.218. The van der Waals surface area contributed by atoms with E-state index in [1.807, 2.05) is 17.9 Å². The van der Waals surface area contributed by atoms with Gasteiger partial charge in [0.25, 0.3) is 0 Å². The SMILES string of the molecule is CCNC(C)CC(=O)N(CC)Cc1ccc(Br)s1. The molecule has 1 aromatic rings. The van der Waals surface area contributed by atoms with Gasteiger partial charge in [-0.05, 0) is 48.5 Å². The maximum Gasteiger partial charge on any atom is 0.224 e. The van der Waals surface area contributed by atoms with E-state index in [4.69, 9.17) is 0 Å². The van der Waals surface area contributed by atoms with Gasteiger partial charge in [0.2, 0.25) is 5.91 Å². The van der Waals surface area contributed by atoms with E-state index in [1.54, 1.807) is 11.3 Å². The van der Waals surface area contributed by atoms with Gasteiger partial charge in [0.15, 0.2) is 0 Å². The predicted octanol–water partition coefficient (Wildman–Crippen LogP) is 3.25. The first-order valence-electron chi connectivity index (χ1n) is 6.32. The van der Waals surface area contributed by atoms with Crippen LogP contribution in [0, 0.1) is 0 Å². The summed E-state index contributed by atoms with van der Waals surface area (Å²) in [6.45, 7) is 8.51. The third-order valence-electron chi connectivity index (χ3n) is 2.74. The first kappa shape index (κ1) is 15.7. The highest BCUT2D eigenvalue weighted by molar-refractivity contribution is 9.11. The zero-order valence-corrected chi connectivity index (χ0v) is 13.6. The molecular weight excluding hydrogens is 312 g/mol. The smallest absolute Gasteiger partial charge is 0.224 e. The van der Waals surface area contributed by atoms with Crippen LogP contribution in [0.3, 0.4) is 0 Å². The Hall–Kier alpha value is -0.390. The molecule has 102 valence electrons. The molecule has 0 radical (unpaired) electrons. The van der Waals surface area contributed by atoms with Crippen molar-refractivity contribution in [2.24, 2.45) is 0 Å². The minimum Gasteiger partial charge on any atom is -0.338 e. The van der Waals surface area contributed by atoms with Crippen LogP contribution in [0.25, 0.3) is 0 Å². The van der Waals surface area contributed by atoms with Gasteiger partial charge in [-0.15, -0.1) is 11.3 Å². The van der Waals surface area contributed by atoms with Crippen molar-refractivity contribution in [1.82, 2.24) is 10.2 Å². The summed E-state index contributed by atoms with van der Waals surface area (Å²) in [7, 11) is 0. The number of hydrogen-bond acceptors (Lipinski definition) is 3. The summed E-state index contributed by atoms with van der Waals surface area (Å²) < 4.78 is 1.11. The number of halogens is 1. The number of carbonyl (C=O) groups excluding carboxylic acids is 1. The highest BCUT2D eigenvalue weighted by Gasteiger charge is 2.15. The molecular formula is C13H21BrN2OS. The van der Waals surface area contributed by atoms with Crippen LogP contribution >= 0.6 is 27.3 Å². The van der Waals surface area contributed by atoms with Gasteiger partial charge in [-0.1, -0.05) is 6.92 Å². The average molecular weight is 333 g/mol. The number of carbonyl (C=O) groups is 1. The standard InChI is InChI=1S/C13H21BrN2OS/c1-4-15-10(3)8-13(17)16(5-2)9-11-6-7-12(14)18-11/h6-7,10,15H,4-5,8-9H2,1-3H3. The quantitative estimate of drug-likeness (QED) is 0.831. The Kier molecular flexibility index (Phi) is 6.89. The number of rotatable bonds is 7. The number of nitrogens with zero attached hydrogens (tertiary/aromatic N) is 1. The van der Waals surface area contributed by atoms with Crippen molar-refractivity contribution in [2.75, 3.05) is 13.1 Å². The van der Waals surface area contributed by atoms with E-state index in [9.17, 15) is 4.79 Å². The lowest BCUT2D eigenvalue weighted by atomic mass is 10.2. The first-order valence-corrected chi connectivity index (χ1v) is 7.93. The number of thiophene rings is 1. The van der Waals surface area contributed by atoms with Crippen LogP contribution in [0.15, 0.2) is 15.9 Å². The second-order valence-electron chi connectivity index (χ2n) is 4.28. The first-order chi connectivity index (χ1) is 8.56. The molecule has 0 aliphatic carbocycles. The molecule has 0 spiro atoms. The number of hydrogen-bond donors (Lipinski definition) is 1. The lowest BCUT2D eigenvalue weighted by Gasteiger charge is -2.22. The molecule has 1 unspecified atom stereocenters. The van der Waals surface area contributed by atoms with Crippen molar-refractivity contribution in [3.8, 4) is 0 Å². The maximum atomic E-state index is 12.1. The minimum atomic E-state index is 0.218. The molecule has 0 bridgehead atoms. The fraction of sp³-hybridized carbons (Fsp3) is 0.615. The molecule has 0 saturated carbocycles. The van der Waals surface area contributed by atoms with Crippen molar-refractivity contribution >= 4 is 33.2 Å². The number of amides is 1. The zero-order chi connectivity index (χ0) is 13.5. The molecule has 5 heteroatoms.